The van der Waals surface area contributed by atoms with Crippen LogP contribution in [0.5, 0.6) is 0 Å². The van der Waals surface area contributed by atoms with Gasteiger partial charge in [0.1, 0.15) is 0 Å². The average molecular weight is 611 g/mol. The van der Waals surface area contributed by atoms with Crippen LogP contribution in [0.4, 0.5) is 21.0 Å². The second kappa shape index (κ2) is 14.0. The summed E-state index contributed by atoms with van der Waals surface area (Å²) in [5.74, 6) is 1.20. The van der Waals surface area contributed by atoms with Crippen molar-refractivity contribution in [1.82, 2.24) is 9.80 Å². The zero-order valence-corrected chi connectivity index (χ0v) is 28.3. The van der Waals surface area contributed by atoms with Crippen LogP contribution in [0.3, 0.4) is 0 Å². The van der Waals surface area contributed by atoms with Crippen LogP contribution in [0.15, 0.2) is 70.6 Å². The maximum Gasteiger partial charge on any atom is 0.331 e. The van der Waals surface area contributed by atoms with E-state index < -0.39 is 0 Å². The maximum absolute atomic E-state index is 12.8. The van der Waals surface area contributed by atoms with Gasteiger partial charge in [0.05, 0.1) is 22.8 Å². The van der Waals surface area contributed by atoms with E-state index in [1.165, 1.54) is 0 Å². The Kier molecular flexibility index (Phi) is 11.2. The van der Waals surface area contributed by atoms with Gasteiger partial charge in [0, 0.05) is 23.5 Å². The smallest absolute Gasteiger partial charge is 0.284 e. The predicted octanol–water partition coefficient (Wildman–Crippen LogP) is 8.36. The van der Waals surface area contributed by atoms with E-state index in [1.54, 1.807) is 43.1 Å². The molecule has 0 saturated carbocycles. The highest BCUT2D eigenvalue weighted by Crippen LogP contribution is 2.30. The summed E-state index contributed by atoms with van der Waals surface area (Å²) in [6.45, 7) is 20.4. The van der Waals surface area contributed by atoms with Crippen molar-refractivity contribution >= 4 is 57.3 Å². The summed E-state index contributed by atoms with van der Waals surface area (Å²) in [5, 5.41) is 1.63. The molecule has 2 saturated heterocycles. The number of amidine groups is 2. The molecule has 2 aromatic carbocycles. The predicted molar refractivity (Wildman–Crippen MR) is 182 cm³/mol. The zero-order valence-electron chi connectivity index (χ0n) is 26.7. The Hall–Kier alpha value is -2.98. The van der Waals surface area contributed by atoms with Gasteiger partial charge in [-0.3, -0.25) is 29.6 Å². The molecule has 4 rings (SSSR count). The molecule has 0 radical (unpaired) electrons. The fraction of sp³-hybridized carbons (Fsp3) is 0.500. The van der Waals surface area contributed by atoms with Gasteiger partial charge in [0.25, 0.3) is 0 Å². The van der Waals surface area contributed by atoms with E-state index in [2.05, 4.69) is 0 Å². The molecule has 2 aliphatic heterocycles. The van der Waals surface area contributed by atoms with Crippen LogP contribution in [-0.4, -0.2) is 67.1 Å². The summed E-state index contributed by atoms with van der Waals surface area (Å²) < 4.78 is 0. The molecule has 4 amide bonds. The molecule has 2 heterocycles. The number of amides is 4. The largest absolute Gasteiger partial charge is 0.331 e. The standard InChI is InChI=1S/2C16H23N3OS/c2*1-12(2)19-14(17-16(3,4)5)21-11-18(15(19)20)13-9-7-6-8-10-13/h2*6-10,12H,11H2,1-5H3. The van der Waals surface area contributed by atoms with Crippen molar-refractivity contribution in [1.29, 1.82) is 0 Å². The molecule has 42 heavy (non-hydrogen) atoms. The Morgan fingerprint density at radius 3 is 1.17 bits per heavy atom. The molecule has 228 valence electrons. The van der Waals surface area contributed by atoms with E-state index in [-0.39, 0.29) is 35.2 Å². The normalized spacial score (nSPS) is 18.8. The molecule has 10 heteroatoms. The van der Waals surface area contributed by atoms with Crippen molar-refractivity contribution < 1.29 is 9.59 Å². The molecular weight excluding hydrogens is 565 g/mol. The Balaban J connectivity index is 0.000000230. The maximum atomic E-state index is 12.8. The minimum atomic E-state index is -0.190. The highest BCUT2D eigenvalue weighted by molar-refractivity contribution is 8.14. The molecular formula is C32H46N6O2S2. The number of rotatable bonds is 4. The summed E-state index contributed by atoms with van der Waals surface area (Å²) >= 11 is 3.23. The first-order valence-corrected chi connectivity index (χ1v) is 16.3. The second-order valence-electron chi connectivity index (χ2n) is 12.7. The molecule has 0 aromatic heterocycles. The zero-order chi connectivity index (χ0) is 31.2. The van der Waals surface area contributed by atoms with Gasteiger partial charge in [-0.15, -0.1) is 0 Å². The van der Waals surface area contributed by atoms with Crippen molar-refractivity contribution in [2.75, 3.05) is 21.6 Å². The lowest BCUT2D eigenvalue weighted by atomic mass is 10.1. The molecule has 0 unspecified atom stereocenters. The number of urea groups is 2. The van der Waals surface area contributed by atoms with Gasteiger partial charge in [-0.2, -0.15) is 0 Å². The number of nitrogens with zero attached hydrogens (tertiary/aromatic N) is 6. The third kappa shape index (κ3) is 9.01. The van der Waals surface area contributed by atoms with E-state index in [1.807, 2.05) is 130 Å². The number of hydrogen-bond acceptors (Lipinski definition) is 6. The van der Waals surface area contributed by atoms with Crippen molar-refractivity contribution in [2.24, 2.45) is 9.98 Å². The van der Waals surface area contributed by atoms with Crippen molar-refractivity contribution in [3.63, 3.8) is 0 Å². The van der Waals surface area contributed by atoms with Gasteiger partial charge in [-0.25, -0.2) is 9.59 Å². The van der Waals surface area contributed by atoms with E-state index in [0.717, 1.165) is 21.7 Å². The Bertz CT molecular complexity index is 1170. The highest BCUT2D eigenvalue weighted by Gasteiger charge is 2.36. The Morgan fingerprint density at radius 2 is 0.905 bits per heavy atom. The van der Waals surface area contributed by atoms with Crippen molar-refractivity contribution in [3.8, 4) is 0 Å². The molecule has 8 nitrogen and oxygen atoms in total. The van der Waals surface area contributed by atoms with Gasteiger partial charge >= 0.3 is 12.1 Å². The Morgan fingerprint density at radius 1 is 0.595 bits per heavy atom. The van der Waals surface area contributed by atoms with Gasteiger partial charge in [-0.05, 0) is 93.5 Å². The van der Waals surface area contributed by atoms with Crippen molar-refractivity contribution in [3.05, 3.63) is 60.7 Å². The molecule has 2 aromatic rings. The van der Waals surface area contributed by atoms with Crippen LogP contribution in [0.2, 0.25) is 0 Å². The quantitative estimate of drug-likeness (QED) is 0.349. The molecule has 2 aliphatic rings. The first-order chi connectivity index (χ1) is 19.6. The molecule has 0 bridgehead atoms. The topological polar surface area (TPSA) is 71.8 Å². The molecule has 0 atom stereocenters. The molecule has 0 spiro atoms. The lowest BCUT2D eigenvalue weighted by Crippen LogP contribution is -2.53. The summed E-state index contributed by atoms with van der Waals surface area (Å²) in [5.41, 5.74) is 1.47. The van der Waals surface area contributed by atoms with Gasteiger partial charge < -0.3 is 0 Å². The van der Waals surface area contributed by atoms with Crippen LogP contribution in [0, 0.1) is 0 Å². The Labute approximate surface area is 260 Å². The number of carbonyl (C=O) groups is 2. The second-order valence-corrected chi connectivity index (χ2v) is 14.5. The van der Waals surface area contributed by atoms with Crippen molar-refractivity contribution in [2.45, 2.75) is 92.4 Å². The summed E-state index contributed by atoms with van der Waals surface area (Å²) in [6, 6.07) is 19.7. The molecule has 2 fully saturated rings. The van der Waals surface area contributed by atoms with Gasteiger partial charge in [0.15, 0.2) is 10.3 Å². The molecule has 0 aliphatic carbocycles. The number of aliphatic imine (C=N–C) groups is 2. The fourth-order valence-corrected chi connectivity index (χ4v) is 6.67. The van der Waals surface area contributed by atoms with Crippen LogP contribution in [0.1, 0.15) is 69.2 Å². The van der Waals surface area contributed by atoms with Crippen LogP contribution in [-0.2, 0) is 0 Å². The van der Waals surface area contributed by atoms with E-state index in [4.69, 9.17) is 9.98 Å². The van der Waals surface area contributed by atoms with Crippen LogP contribution >= 0.6 is 23.5 Å². The monoisotopic (exact) mass is 610 g/mol. The van der Waals surface area contributed by atoms with E-state index >= 15 is 0 Å². The summed E-state index contributed by atoms with van der Waals surface area (Å²) in [6.07, 6.45) is 0. The number of benzene rings is 2. The number of hydrogen-bond donors (Lipinski definition) is 0. The average Bonchev–Trinajstić information content (AvgIpc) is 2.88. The fourth-order valence-electron chi connectivity index (χ4n) is 4.13. The van der Waals surface area contributed by atoms with Gasteiger partial charge in [-0.1, -0.05) is 59.9 Å². The van der Waals surface area contributed by atoms with E-state index in [9.17, 15) is 9.59 Å². The number of carbonyl (C=O) groups excluding carboxylic acids is 2. The number of para-hydroxylation sites is 2. The lowest BCUT2D eigenvalue weighted by molar-refractivity contribution is 0.219. The minimum Gasteiger partial charge on any atom is -0.284 e. The first kappa shape index (κ1) is 33.5. The van der Waals surface area contributed by atoms with Crippen LogP contribution < -0.4 is 9.80 Å². The highest BCUT2D eigenvalue weighted by atomic mass is 32.2. The number of thioether (sulfide) groups is 2. The van der Waals surface area contributed by atoms with Gasteiger partial charge in [0.2, 0.25) is 0 Å². The minimum absolute atomic E-state index is 0.00190. The number of anilines is 2. The lowest BCUT2D eigenvalue weighted by Gasteiger charge is -2.38. The third-order valence-corrected chi connectivity index (χ3v) is 7.83. The SMILES string of the molecule is CC(C)N1C(=O)N(c2ccccc2)CSC1=NC(C)(C)C.CC(C)N1C(=O)N(c2ccccc2)CSC1=NC(C)(C)C. The van der Waals surface area contributed by atoms with Crippen LogP contribution in [0.25, 0.3) is 0 Å². The summed E-state index contributed by atoms with van der Waals surface area (Å²) in [7, 11) is 0. The summed E-state index contributed by atoms with van der Waals surface area (Å²) in [4.78, 5) is 42.2. The van der Waals surface area contributed by atoms with E-state index in [0.29, 0.717) is 11.8 Å². The molecule has 0 N–H and O–H groups in total. The third-order valence-electron chi connectivity index (χ3n) is 5.96. The first-order valence-electron chi connectivity index (χ1n) is 14.4.